The SMILES string of the molecule is CCCCCCCCCCCCCCCCCCCCCCC(O)C(CO)NC(=O)CCCCCCCCCCCCCCCCCCCCCCCCCCCCCCCCCCCCCCCCCOC(=O)CCCCCCCCCCCCCCCCCCCCC. The first kappa shape index (κ1) is 93.9. The van der Waals surface area contributed by atoms with Crippen LogP contribution in [0, 0.1) is 0 Å². The Kier molecular flexibility index (Phi) is 84.2. The highest BCUT2D eigenvalue weighted by Crippen LogP contribution is 2.22. The number of esters is 1. The van der Waals surface area contributed by atoms with Crippen LogP contribution in [0.1, 0.15) is 534 Å². The number of nitrogens with one attached hydrogen (secondary N) is 1. The van der Waals surface area contributed by atoms with Crippen LogP contribution in [0.2, 0.25) is 0 Å². The van der Waals surface area contributed by atoms with Crippen LogP contribution in [0.3, 0.4) is 0 Å². The van der Waals surface area contributed by atoms with E-state index >= 15 is 0 Å². The fraction of sp³-hybridized carbons (Fsp3) is 0.978. The topological polar surface area (TPSA) is 95.9 Å². The normalized spacial score (nSPS) is 12.3. The number of aliphatic hydroxyl groups is 2. The lowest BCUT2D eigenvalue weighted by Gasteiger charge is -2.22. The Morgan fingerprint density at radius 3 is 0.642 bits per heavy atom. The number of hydrogen-bond acceptors (Lipinski definition) is 5. The molecular weight excluding hydrogens is 1160 g/mol. The van der Waals surface area contributed by atoms with E-state index in [1.807, 2.05) is 0 Å². The monoisotopic (exact) mass is 1340 g/mol. The van der Waals surface area contributed by atoms with Crippen molar-refractivity contribution in [3.8, 4) is 0 Å². The van der Waals surface area contributed by atoms with Crippen LogP contribution in [0.4, 0.5) is 0 Å². The summed E-state index contributed by atoms with van der Waals surface area (Å²) >= 11 is 0. The summed E-state index contributed by atoms with van der Waals surface area (Å²) in [7, 11) is 0. The van der Waals surface area contributed by atoms with Crippen LogP contribution >= 0.6 is 0 Å². The van der Waals surface area contributed by atoms with E-state index in [0.717, 1.165) is 38.5 Å². The predicted molar refractivity (Wildman–Crippen MR) is 421 cm³/mol. The van der Waals surface area contributed by atoms with Crippen molar-refractivity contribution in [1.29, 1.82) is 0 Å². The third kappa shape index (κ3) is 81.7. The standard InChI is InChI=1S/C89H177NO5/c1-3-5-7-9-11-13-15-17-19-21-23-46-49-53-57-61-65-69-73-77-81-87(92)86(85-91)90-88(93)82-78-74-70-66-62-58-54-50-47-43-41-39-37-35-33-31-29-27-25-24-26-28-30-32-34-36-38-40-42-44-48-52-56-60-64-68-72-76-80-84-95-89(94)83-79-75-71-67-63-59-55-51-45-22-20-18-16-14-12-10-8-6-4-2/h86-87,91-92H,3-85H2,1-2H3,(H,90,93). The molecule has 3 N–H and O–H groups in total. The van der Waals surface area contributed by atoms with E-state index < -0.39 is 12.1 Å². The van der Waals surface area contributed by atoms with E-state index in [1.54, 1.807) is 0 Å². The Labute approximate surface area is 597 Å². The zero-order valence-corrected chi connectivity index (χ0v) is 65.5. The molecule has 0 spiro atoms. The quantitative estimate of drug-likeness (QED) is 0.0417. The molecule has 0 rings (SSSR count). The highest BCUT2D eigenvalue weighted by molar-refractivity contribution is 5.76. The van der Waals surface area contributed by atoms with Crippen LogP contribution in [-0.4, -0.2) is 47.4 Å². The van der Waals surface area contributed by atoms with Crippen molar-refractivity contribution in [3.63, 3.8) is 0 Å². The van der Waals surface area contributed by atoms with Gasteiger partial charge in [0.15, 0.2) is 0 Å². The fourth-order valence-corrected chi connectivity index (χ4v) is 14.9. The van der Waals surface area contributed by atoms with Crippen LogP contribution < -0.4 is 5.32 Å². The molecule has 1 amide bonds. The summed E-state index contributed by atoms with van der Waals surface area (Å²) in [4.78, 5) is 24.7. The van der Waals surface area contributed by atoms with E-state index in [-0.39, 0.29) is 18.5 Å². The van der Waals surface area contributed by atoms with E-state index in [9.17, 15) is 19.8 Å². The number of amides is 1. The van der Waals surface area contributed by atoms with Crippen molar-refractivity contribution in [2.75, 3.05) is 13.2 Å². The summed E-state index contributed by atoms with van der Waals surface area (Å²) in [5, 5.41) is 23.5. The molecule has 0 aliphatic carbocycles. The lowest BCUT2D eigenvalue weighted by atomic mass is 10.0. The molecule has 0 bridgehead atoms. The lowest BCUT2D eigenvalue weighted by Crippen LogP contribution is -2.45. The highest BCUT2D eigenvalue weighted by Gasteiger charge is 2.20. The molecule has 0 aromatic carbocycles. The van der Waals surface area contributed by atoms with Gasteiger partial charge in [0.25, 0.3) is 0 Å². The summed E-state index contributed by atoms with van der Waals surface area (Å²) in [5.41, 5.74) is 0. The summed E-state index contributed by atoms with van der Waals surface area (Å²) < 4.78 is 5.53. The Bertz CT molecular complexity index is 1410. The van der Waals surface area contributed by atoms with Crippen LogP contribution in [0.25, 0.3) is 0 Å². The maximum absolute atomic E-state index is 12.6. The Morgan fingerprint density at radius 1 is 0.253 bits per heavy atom. The van der Waals surface area contributed by atoms with Gasteiger partial charge in [-0.15, -0.1) is 0 Å². The zero-order valence-electron chi connectivity index (χ0n) is 65.5. The van der Waals surface area contributed by atoms with E-state index in [1.165, 1.54) is 462 Å². The van der Waals surface area contributed by atoms with Gasteiger partial charge >= 0.3 is 5.97 Å². The molecule has 0 aromatic rings. The van der Waals surface area contributed by atoms with Gasteiger partial charge in [-0.1, -0.05) is 495 Å². The molecule has 0 saturated carbocycles. The minimum Gasteiger partial charge on any atom is -0.466 e. The van der Waals surface area contributed by atoms with E-state index in [0.29, 0.717) is 25.9 Å². The fourth-order valence-electron chi connectivity index (χ4n) is 14.9. The number of carbonyl (C=O) groups is 2. The first-order chi connectivity index (χ1) is 47.0. The van der Waals surface area contributed by atoms with E-state index in [2.05, 4.69) is 19.2 Å². The second-order valence-corrected chi connectivity index (χ2v) is 31.3. The van der Waals surface area contributed by atoms with Gasteiger partial charge < -0.3 is 20.3 Å². The maximum Gasteiger partial charge on any atom is 0.305 e. The van der Waals surface area contributed by atoms with Gasteiger partial charge in [-0.3, -0.25) is 9.59 Å². The van der Waals surface area contributed by atoms with Gasteiger partial charge in [-0.25, -0.2) is 0 Å². The van der Waals surface area contributed by atoms with Crippen LogP contribution in [0.15, 0.2) is 0 Å². The van der Waals surface area contributed by atoms with Crippen molar-refractivity contribution in [1.82, 2.24) is 5.32 Å². The molecule has 0 aliphatic rings. The summed E-state index contributed by atoms with van der Waals surface area (Å²) in [5.74, 6) is 0.00813. The van der Waals surface area contributed by atoms with Crippen molar-refractivity contribution in [2.24, 2.45) is 0 Å². The summed E-state index contributed by atoms with van der Waals surface area (Å²) in [6.45, 7) is 5.03. The molecule has 0 aliphatic heterocycles. The molecule has 0 saturated heterocycles. The second kappa shape index (κ2) is 85.3. The van der Waals surface area contributed by atoms with Gasteiger partial charge in [0, 0.05) is 12.8 Å². The molecule has 6 heteroatoms. The van der Waals surface area contributed by atoms with Crippen molar-refractivity contribution in [2.45, 2.75) is 546 Å². The molecule has 2 atom stereocenters. The Balaban J connectivity index is 3.27. The molecule has 6 nitrogen and oxygen atoms in total. The van der Waals surface area contributed by atoms with Gasteiger partial charge in [-0.05, 0) is 25.7 Å². The number of hydrogen-bond donors (Lipinski definition) is 3. The molecule has 95 heavy (non-hydrogen) atoms. The number of rotatable bonds is 86. The van der Waals surface area contributed by atoms with Gasteiger partial charge in [0.1, 0.15) is 0 Å². The number of unbranched alkanes of at least 4 members (excludes halogenated alkanes) is 75. The summed E-state index contributed by atoms with van der Waals surface area (Å²) in [6.07, 6.45) is 108. The third-order valence-electron chi connectivity index (χ3n) is 21.7. The van der Waals surface area contributed by atoms with Gasteiger partial charge in [-0.2, -0.15) is 0 Å². The smallest absolute Gasteiger partial charge is 0.305 e. The number of ether oxygens (including phenoxy) is 1. The van der Waals surface area contributed by atoms with Crippen molar-refractivity contribution in [3.05, 3.63) is 0 Å². The molecule has 0 heterocycles. The highest BCUT2D eigenvalue weighted by atomic mass is 16.5. The average molecular weight is 1340 g/mol. The largest absolute Gasteiger partial charge is 0.466 e. The Hall–Kier alpha value is -1.14. The summed E-state index contributed by atoms with van der Waals surface area (Å²) in [6, 6.07) is -0.537. The van der Waals surface area contributed by atoms with Crippen LogP contribution in [0.5, 0.6) is 0 Å². The van der Waals surface area contributed by atoms with Crippen LogP contribution in [-0.2, 0) is 14.3 Å². The molecule has 568 valence electrons. The minimum absolute atomic E-state index is 0.0225. The first-order valence-electron chi connectivity index (χ1n) is 44.8. The Morgan fingerprint density at radius 2 is 0.432 bits per heavy atom. The van der Waals surface area contributed by atoms with Crippen molar-refractivity contribution >= 4 is 11.9 Å². The predicted octanol–water partition coefficient (Wildman–Crippen LogP) is 30.0. The molecule has 0 radical (unpaired) electrons. The third-order valence-corrected chi connectivity index (χ3v) is 21.7. The van der Waals surface area contributed by atoms with E-state index in [4.69, 9.17) is 4.74 Å². The van der Waals surface area contributed by atoms with Crippen molar-refractivity contribution < 1.29 is 24.5 Å². The molecular formula is C89H177NO5. The first-order valence-corrected chi connectivity index (χ1v) is 44.8. The average Bonchev–Trinajstić information content (AvgIpc) is 2.90. The second-order valence-electron chi connectivity index (χ2n) is 31.3. The van der Waals surface area contributed by atoms with Gasteiger partial charge in [0.2, 0.25) is 5.91 Å². The maximum atomic E-state index is 12.6. The minimum atomic E-state index is -0.660. The number of carbonyl (C=O) groups excluding carboxylic acids is 2. The molecule has 2 unspecified atom stereocenters. The lowest BCUT2D eigenvalue weighted by molar-refractivity contribution is -0.143. The number of aliphatic hydroxyl groups excluding tert-OH is 2. The van der Waals surface area contributed by atoms with Gasteiger partial charge in [0.05, 0.1) is 25.4 Å². The zero-order chi connectivity index (χ0) is 68.4. The molecule has 0 aromatic heterocycles. The molecule has 0 fully saturated rings.